The van der Waals surface area contributed by atoms with Crippen molar-refractivity contribution in [3.05, 3.63) is 34.3 Å². The molecule has 0 heterocycles. The van der Waals surface area contributed by atoms with Crippen molar-refractivity contribution in [3.8, 4) is 0 Å². The third-order valence-electron chi connectivity index (χ3n) is 2.28. The van der Waals surface area contributed by atoms with Crippen molar-refractivity contribution >= 4 is 33.3 Å². The monoisotopic (exact) mass is 288 g/mol. The van der Waals surface area contributed by atoms with Gasteiger partial charge in [-0.1, -0.05) is 41.4 Å². The van der Waals surface area contributed by atoms with E-state index in [1.54, 1.807) is 12.1 Å². The third kappa shape index (κ3) is 3.05. The van der Waals surface area contributed by atoms with Crippen molar-refractivity contribution in [2.45, 2.75) is 25.6 Å². The second-order valence-corrected chi connectivity index (χ2v) is 5.37. The highest BCUT2D eigenvalue weighted by Gasteiger charge is 2.20. The van der Waals surface area contributed by atoms with Gasteiger partial charge in [0.2, 0.25) is 0 Å². The minimum Gasteiger partial charge on any atom is -0.293 e. The van der Waals surface area contributed by atoms with E-state index in [2.05, 4.69) is 15.9 Å². The molecule has 0 fully saturated rings. The zero-order chi connectivity index (χ0) is 11.6. The highest BCUT2D eigenvalue weighted by Crippen LogP contribution is 2.21. The maximum absolute atomic E-state index is 12.0. The summed E-state index contributed by atoms with van der Waals surface area (Å²) in [6, 6.07) is 5.37. The Bertz CT molecular complexity index is 374. The first-order chi connectivity index (χ1) is 6.93. The minimum atomic E-state index is -0.127. The Balaban J connectivity index is 2.97. The summed E-state index contributed by atoms with van der Waals surface area (Å²) in [5.41, 5.74) is 1.65. The number of ketones is 1. The van der Waals surface area contributed by atoms with Crippen LogP contribution in [-0.4, -0.2) is 10.6 Å². The zero-order valence-corrected chi connectivity index (χ0v) is 11.4. The number of halogens is 2. The predicted molar refractivity (Wildman–Crippen MR) is 68.1 cm³/mol. The molecule has 0 radical (unpaired) electrons. The van der Waals surface area contributed by atoms with Crippen LogP contribution in [0.15, 0.2) is 18.2 Å². The van der Waals surface area contributed by atoms with Crippen molar-refractivity contribution < 1.29 is 4.79 Å². The second-order valence-electron chi connectivity index (χ2n) is 3.97. The Morgan fingerprint density at radius 2 is 2.00 bits per heavy atom. The van der Waals surface area contributed by atoms with E-state index in [0.717, 1.165) is 5.56 Å². The fourth-order valence-corrected chi connectivity index (χ4v) is 1.64. The van der Waals surface area contributed by atoms with Gasteiger partial charge in [0, 0.05) is 10.6 Å². The number of hydrogen-bond acceptors (Lipinski definition) is 1. The highest BCUT2D eigenvalue weighted by atomic mass is 79.9. The fourth-order valence-electron chi connectivity index (χ4n) is 1.26. The first kappa shape index (κ1) is 12.7. The maximum atomic E-state index is 12.0. The van der Waals surface area contributed by atoms with Gasteiger partial charge in [-0.3, -0.25) is 4.79 Å². The zero-order valence-electron chi connectivity index (χ0n) is 9.05. The van der Waals surface area contributed by atoms with E-state index in [1.807, 2.05) is 26.8 Å². The number of benzene rings is 1. The summed E-state index contributed by atoms with van der Waals surface area (Å²) < 4.78 is 0. The number of alkyl halides is 1. The summed E-state index contributed by atoms with van der Waals surface area (Å²) in [5.74, 6) is 0.401. The summed E-state index contributed by atoms with van der Waals surface area (Å²) in [6.45, 7) is 5.93. The quantitative estimate of drug-likeness (QED) is 0.600. The second kappa shape index (κ2) is 5.13. The molecular weight excluding hydrogens is 275 g/mol. The molecule has 1 nitrogen and oxygen atoms in total. The molecule has 0 spiro atoms. The Morgan fingerprint density at radius 1 is 1.40 bits per heavy atom. The molecule has 1 unspecified atom stereocenters. The lowest BCUT2D eigenvalue weighted by Crippen LogP contribution is -2.20. The van der Waals surface area contributed by atoms with Crippen LogP contribution in [0.5, 0.6) is 0 Å². The summed E-state index contributed by atoms with van der Waals surface area (Å²) >= 11 is 9.31. The predicted octanol–water partition coefficient (Wildman–Crippen LogP) is 4.25. The molecule has 0 bridgehead atoms. The molecule has 1 rings (SSSR count). The van der Waals surface area contributed by atoms with Crippen molar-refractivity contribution in [1.82, 2.24) is 0 Å². The van der Waals surface area contributed by atoms with E-state index in [1.165, 1.54) is 0 Å². The largest absolute Gasteiger partial charge is 0.293 e. The van der Waals surface area contributed by atoms with E-state index >= 15 is 0 Å². The standard InChI is InChI=1S/C12H14BrClO/c1-7(2)11(13)12(15)9-4-5-10(14)8(3)6-9/h4-7,11H,1-3H3. The van der Waals surface area contributed by atoms with Gasteiger partial charge in [0.05, 0.1) is 4.83 Å². The first-order valence-corrected chi connectivity index (χ1v) is 6.17. The number of rotatable bonds is 3. The van der Waals surface area contributed by atoms with E-state index < -0.39 is 0 Å². The molecule has 0 aliphatic heterocycles. The van der Waals surface area contributed by atoms with Crippen LogP contribution in [0.1, 0.15) is 29.8 Å². The molecule has 15 heavy (non-hydrogen) atoms. The van der Waals surface area contributed by atoms with Crippen LogP contribution in [0.4, 0.5) is 0 Å². The Kier molecular flexibility index (Phi) is 4.35. The smallest absolute Gasteiger partial charge is 0.176 e. The van der Waals surface area contributed by atoms with Gasteiger partial charge in [-0.2, -0.15) is 0 Å². The van der Waals surface area contributed by atoms with Gasteiger partial charge < -0.3 is 0 Å². The molecule has 1 aromatic carbocycles. The molecule has 0 N–H and O–H groups in total. The SMILES string of the molecule is Cc1cc(C(=O)C(Br)C(C)C)ccc1Cl. The summed E-state index contributed by atoms with van der Waals surface area (Å²) in [5, 5.41) is 0.696. The number of carbonyl (C=O) groups excluding carboxylic acids is 1. The molecule has 0 aromatic heterocycles. The third-order valence-corrected chi connectivity index (χ3v) is 4.18. The molecule has 1 aromatic rings. The van der Waals surface area contributed by atoms with Gasteiger partial charge in [0.25, 0.3) is 0 Å². The number of hydrogen-bond donors (Lipinski definition) is 0. The molecular formula is C12H14BrClO. The fraction of sp³-hybridized carbons (Fsp3) is 0.417. The number of aryl methyl sites for hydroxylation is 1. The molecule has 1 atom stereocenters. The van der Waals surface area contributed by atoms with E-state index in [0.29, 0.717) is 10.6 Å². The Hall–Kier alpha value is -0.340. The maximum Gasteiger partial charge on any atom is 0.176 e. The van der Waals surface area contributed by atoms with Crippen molar-refractivity contribution in [1.29, 1.82) is 0 Å². The van der Waals surface area contributed by atoms with E-state index in [4.69, 9.17) is 11.6 Å². The highest BCUT2D eigenvalue weighted by molar-refractivity contribution is 9.10. The van der Waals surface area contributed by atoms with Crippen LogP contribution in [0, 0.1) is 12.8 Å². The lowest BCUT2D eigenvalue weighted by atomic mass is 10.00. The van der Waals surface area contributed by atoms with Crippen LogP contribution < -0.4 is 0 Å². The van der Waals surface area contributed by atoms with Gasteiger partial charge in [0.15, 0.2) is 5.78 Å². The normalized spacial score (nSPS) is 12.9. The van der Waals surface area contributed by atoms with Gasteiger partial charge in [0.1, 0.15) is 0 Å². The summed E-state index contributed by atoms with van der Waals surface area (Å²) in [7, 11) is 0. The van der Waals surface area contributed by atoms with Crippen LogP contribution in [0.2, 0.25) is 5.02 Å². The van der Waals surface area contributed by atoms with Crippen LogP contribution in [0.3, 0.4) is 0 Å². The summed E-state index contributed by atoms with van der Waals surface area (Å²) in [6.07, 6.45) is 0. The molecule has 82 valence electrons. The molecule has 0 amide bonds. The van der Waals surface area contributed by atoms with Gasteiger partial charge in [-0.25, -0.2) is 0 Å². The number of Topliss-reactive ketones (excluding diaryl/α,β-unsaturated/α-hetero) is 1. The van der Waals surface area contributed by atoms with Crippen molar-refractivity contribution in [3.63, 3.8) is 0 Å². The summed E-state index contributed by atoms with van der Waals surface area (Å²) in [4.78, 5) is 11.8. The Morgan fingerprint density at radius 3 is 2.47 bits per heavy atom. The van der Waals surface area contributed by atoms with Crippen molar-refractivity contribution in [2.24, 2.45) is 5.92 Å². The van der Waals surface area contributed by atoms with Crippen LogP contribution in [-0.2, 0) is 0 Å². The lowest BCUT2D eigenvalue weighted by molar-refractivity contribution is 0.0978. The van der Waals surface area contributed by atoms with Gasteiger partial charge in [-0.05, 0) is 36.6 Å². The van der Waals surface area contributed by atoms with Gasteiger partial charge in [-0.15, -0.1) is 0 Å². The average Bonchev–Trinajstić information content (AvgIpc) is 2.19. The molecule has 0 aliphatic rings. The van der Waals surface area contributed by atoms with Crippen molar-refractivity contribution in [2.75, 3.05) is 0 Å². The molecule has 0 saturated carbocycles. The molecule has 3 heteroatoms. The van der Waals surface area contributed by atoms with E-state index in [9.17, 15) is 4.79 Å². The average molecular weight is 290 g/mol. The van der Waals surface area contributed by atoms with E-state index in [-0.39, 0.29) is 16.5 Å². The van der Waals surface area contributed by atoms with Crippen LogP contribution in [0.25, 0.3) is 0 Å². The van der Waals surface area contributed by atoms with Gasteiger partial charge >= 0.3 is 0 Å². The Labute approximate surface area is 104 Å². The van der Waals surface area contributed by atoms with Crippen LogP contribution >= 0.6 is 27.5 Å². The minimum absolute atomic E-state index is 0.116. The molecule has 0 saturated heterocycles. The topological polar surface area (TPSA) is 17.1 Å². The molecule has 0 aliphatic carbocycles. The lowest BCUT2D eigenvalue weighted by Gasteiger charge is -2.12. The number of carbonyl (C=O) groups is 1. The first-order valence-electron chi connectivity index (χ1n) is 4.88.